The van der Waals surface area contributed by atoms with Crippen LogP contribution in [0.4, 0.5) is 13.2 Å². The summed E-state index contributed by atoms with van der Waals surface area (Å²) in [7, 11) is -3.51. The Morgan fingerprint density at radius 3 is 2.31 bits per heavy atom. The molecule has 0 aromatic rings. The van der Waals surface area contributed by atoms with Crippen molar-refractivity contribution >= 4 is 16.0 Å². The second kappa shape index (κ2) is 9.38. The fraction of sp³-hybridized carbons (Fsp3) is 0.944. The van der Waals surface area contributed by atoms with E-state index in [4.69, 9.17) is 0 Å². The fourth-order valence-corrected chi connectivity index (χ4v) is 5.62. The third-order valence-corrected chi connectivity index (χ3v) is 8.02. The lowest BCUT2D eigenvalue weighted by Crippen LogP contribution is -2.49. The Morgan fingerprint density at radius 2 is 1.72 bits per heavy atom. The summed E-state index contributed by atoms with van der Waals surface area (Å²) in [5, 5.41) is 6.72. The van der Waals surface area contributed by atoms with Gasteiger partial charge in [0, 0.05) is 51.9 Å². The molecule has 1 saturated carbocycles. The number of guanidine groups is 1. The van der Waals surface area contributed by atoms with Gasteiger partial charge in [0.25, 0.3) is 0 Å². The van der Waals surface area contributed by atoms with Crippen LogP contribution in [0.2, 0.25) is 0 Å². The number of aliphatic imine (C=N–C) groups is 1. The first-order chi connectivity index (χ1) is 13.7. The summed E-state index contributed by atoms with van der Waals surface area (Å²) in [5.74, 6) is 0.820. The van der Waals surface area contributed by atoms with E-state index in [9.17, 15) is 21.6 Å². The maximum absolute atomic E-state index is 12.7. The number of nitrogens with one attached hydrogen (secondary N) is 2. The molecule has 168 valence electrons. The van der Waals surface area contributed by atoms with E-state index in [-0.39, 0.29) is 19.0 Å². The quantitative estimate of drug-likeness (QED) is 0.504. The van der Waals surface area contributed by atoms with Gasteiger partial charge in [-0.1, -0.05) is 12.8 Å². The van der Waals surface area contributed by atoms with Crippen molar-refractivity contribution in [3.05, 3.63) is 0 Å². The fourth-order valence-electron chi connectivity index (χ4n) is 4.64. The van der Waals surface area contributed by atoms with Crippen LogP contribution < -0.4 is 10.6 Å². The minimum Gasteiger partial charge on any atom is -0.356 e. The highest BCUT2D eigenvalue weighted by Gasteiger charge is 2.50. The second-order valence-electron chi connectivity index (χ2n) is 8.31. The van der Waals surface area contributed by atoms with Crippen molar-refractivity contribution in [1.29, 1.82) is 0 Å². The van der Waals surface area contributed by atoms with Crippen molar-refractivity contribution in [3.63, 3.8) is 0 Å². The molecule has 1 atom stereocenters. The van der Waals surface area contributed by atoms with Gasteiger partial charge in [-0.2, -0.15) is 17.5 Å². The average Bonchev–Trinajstić information content (AvgIpc) is 3.36. The molecule has 2 saturated heterocycles. The Bertz CT molecular complexity index is 671. The van der Waals surface area contributed by atoms with E-state index < -0.39 is 15.5 Å². The summed E-state index contributed by atoms with van der Waals surface area (Å²) >= 11 is 0. The first kappa shape index (κ1) is 22.6. The van der Waals surface area contributed by atoms with Crippen molar-refractivity contribution in [2.24, 2.45) is 10.9 Å². The third-order valence-electron chi connectivity index (χ3n) is 6.39. The lowest BCUT2D eigenvalue weighted by atomic mass is 9.98. The Morgan fingerprint density at radius 1 is 1.07 bits per heavy atom. The first-order valence-electron chi connectivity index (χ1n) is 10.5. The van der Waals surface area contributed by atoms with Crippen LogP contribution >= 0.6 is 0 Å². The molecule has 29 heavy (non-hydrogen) atoms. The predicted octanol–water partition coefficient (Wildman–Crippen LogP) is 1.73. The van der Waals surface area contributed by atoms with Gasteiger partial charge in [-0.25, -0.2) is 8.42 Å². The number of hydrogen-bond donors (Lipinski definition) is 2. The van der Waals surface area contributed by atoms with Crippen LogP contribution in [0.15, 0.2) is 4.99 Å². The lowest BCUT2D eigenvalue weighted by molar-refractivity contribution is -0.0496. The molecule has 1 unspecified atom stereocenters. The van der Waals surface area contributed by atoms with Crippen molar-refractivity contribution in [2.45, 2.75) is 62.5 Å². The Balaban J connectivity index is 1.39. The summed E-state index contributed by atoms with van der Waals surface area (Å²) < 4.78 is 61.5. The van der Waals surface area contributed by atoms with Crippen molar-refractivity contribution < 1.29 is 21.6 Å². The molecule has 2 N–H and O–H groups in total. The Labute approximate surface area is 171 Å². The predicted molar refractivity (Wildman–Crippen MR) is 106 cm³/mol. The van der Waals surface area contributed by atoms with E-state index in [1.807, 2.05) is 0 Å². The molecule has 0 aromatic heterocycles. The molecule has 1 aliphatic carbocycles. The van der Waals surface area contributed by atoms with Gasteiger partial charge < -0.3 is 10.6 Å². The molecule has 3 fully saturated rings. The largest absolute Gasteiger partial charge is 0.511 e. The summed E-state index contributed by atoms with van der Waals surface area (Å²) in [6, 6.07) is 1.07. The smallest absolute Gasteiger partial charge is 0.356 e. The van der Waals surface area contributed by atoms with E-state index in [1.54, 1.807) is 7.05 Å². The van der Waals surface area contributed by atoms with E-state index in [1.165, 1.54) is 25.7 Å². The summed E-state index contributed by atoms with van der Waals surface area (Å²) in [6.07, 6.45) is 7.11. The van der Waals surface area contributed by atoms with Gasteiger partial charge in [0.15, 0.2) is 5.96 Å². The maximum Gasteiger partial charge on any atom is 0.511 e. The van der Waals surface area contributed by atoms with Crippen LogP contribution in [-0.2, 0) is 10.0 Å². The minimum atomic E-state index is -5.22. The first-order valence-corrected chi connectivity index (χ1v) is 11.9. The molecule has 3 aliphatic rings. The number of sulfonamides is 1. The number of rotatable bonds is 5. The van der Waals surface area contributed by atoms with Crippen LogP contribution in [0.3, 0.4) is 0 Å². The van der Waals surface area contributed by atoms with E-state index >= 15 is 0 Å². The Hall–Kier alpha value is -1.07. The molecule has 2 heterocycles. The zero-order valence-corrected chi connectivity index (χ0v) is 17.7. The molecule has 0 radical (unpaired) electrons. The molecule has 7 nitrogen and oxygen atoms in total. The molecule has 3 rings (SSSR count). The summed E-state index contributed by atoms with van der Waals surface area (Å²) in [4.78, 5) is 6.83. The number of alkyl halides is 3. The molecular weight excluding hydrogens is 407 g/mol. The SMILES string of the molecule is CN=C(NCC1CCN(S(=O)(=O)C(F)(F)F)CC1)NC1CCN(C2CCCC2)C1. The number of piperidine rings is 1. The topological polar surface area (TPSA) is 77.0 Å². The zero-order valence-electron chi connectivity index (χ0n) is 16.9. The Kier molecular flexibility index (Phi) is 7.32. The van der Waals surface area contributed by atoms with E-state index in [0.717, 1.165) is 25.6 Å². The van der Waals surface area contributed by atoms with Crippen LogP contribution in [0.1, 0.15) is 44.9 Å². The maximum atomic E-state index is 12.7. The van der Waals surface area contributed by atoms with Gasteiger partial charge in [-0.05, 0) is 38.0 Å². The van der Waals surface area contributed by atoms with Gasteiger partial charge in [0.05, 0.1) is 0 Å². The standard InChI is InChI=1S/C18H32F3N5O2S/c1-22-17(24-15-8-9-25(13-15)16-4-2-3-5-16)23-12-14-6-10-26(11-7-14)29(27,28)18(19,20)21/h14-16H,2-13H2,1H3,(H2,22,23,24). The molecule has 0 bridgehead atoms. The third kappa shape index (κ3) is 5.55. The van der Waals surface area contributed by atoms with E-state index in [0.29, 0.717) is 35.7 Å². The summed E-state index contributed by atoms with van der Waals surface area (Å²) in [6.45, 7) is 2.49. The highest BCUT2D eigenvalue weighted by molar-refractivity contribution is 7.90. The molecule has 11 heteroatoms. The van der Waals surface area contributed by atoms with Gasteiger partial charge >= 0.3 is 15.5 Å². The normalized spacial score (nSPS) is 26.9. The minimum absolute atomic E-state index is 0.0980. The van der Waals surface area contributed by atoms with Crippen LogP contribution in [0.25, 0.3) is 0 Å². The van der Waals surface area contributed by atoms with Gasteiger partial charge in [0.1, 0.15) is 0 Å². The number of likely N-dealkylation sites (tertiary alicyclic amines) is 1. The highest BCUT2D eigenvalue weighted by Crippen LogP contribution is 2.30. The number of nitrogens with zero attached hydrogens (tertiary/aromatic N) is 3. The lowest BCUT2D eigenvalue weighted by Gasteiger charge is -2.32. The molecule has 2 aliphatic heterocycles. The van der Waals surface area contributed by atoms with Crippen LogP contribution in [-0.4, -0.2) is 80.9 Å². The zero-order chi connectivity index (χ0) is 21.1. The van der Waals surface area contributed by atoms with Crippen molar-refractivity contribution in [2.75, 3.05) is 39.8 Å². The van der Waals surface area contributed by atoms with Gasteiger partial charge in [-0.15, -0.1) is 0 Å². The van der Waals surface area contributed by atoms with Crippen molar-refractivity contribution in [3.8, 4) is 0 Å². The monoisotopic (exact) mass is 439 g/mol. The molecule has 0 spiro atoms. The molecule has 0 aromatic carbocycles. The van der Waals surface area contributed by atoms with Crippen LogP contribution in [0, 0.1) is 5.92 Å². The second-order valence-corrected chi connectivity index (χ2v) is 10.2. The molecular formula is C18H32F3N5O2S. The molecule has 0 amide bonds. The summed E-state index contributed by atoms with van der Waals surface area (Å²) in [5.41, 5.74) is -5.22. The van der Waals surface area contributed by atoms with Crippen LogP contribution in [0.5, 0.6) is 0 Å². The van der Waals surface area contributed by atoms with Crippen molar-refractivity contribution in [1.82, 2.24) is 19.8 Å². The number of halogens is 3. The number of hydrogen-bond acceptors (Lipinski definition) is 4. The van der Waals surface area contributed by atoms with E-state index in [2.05, 4.69) is 20.5 Å². The highest BCUT2D eigenvalue weighted by atomic mass is 32.2. The average molecular weight is 440 g/mol. The van der Waals surface area contributed by atoms with Gasteiger partial charge in [-0.3, -0.25) is 9.89 Å². The van der Waals surface area contributed by atoms with Gasteiger partial charge in [0.2, 0.25) is 0 Å².